The van der Waals surface area contributed by atoms with Gasteiger partial charge >= 0.3 is 0 Å². The van der Waals surface area contributed by atoms with Gasteiger partial charge in [-0.3, -0.25) is 4.79 Å². The van der Waals surface area contributed by atoms with Gasteiger partial charge in [0, 0.05) is 23.5 Å². The fourth-order valence-electron chi connectivity index (χ4n) is 3.10. The Morgan fingerprint density at radius 1 is 1.28 bits per heavy atom. The first kappa shape index (κ1) is 20.2. The molecular formula is C23H25N5O. The number of aryl methyl sites for hydroxylation is 1. The second-order valence-corrected chi connectivity index (χ2v) is 6.85. The molecule has 1 aromatic carbocycles. The Balaban J connectivity index is 1.95. The van der Waals surface area contributed by atoms with Gasteiger partial charge < -0.3 is 11.5 Å². The van der Waals surface area contributed by atoms with Crippen LogP contribution in [0.5, 0.6) is 0 Å². The number of hydrogen-bond acceptors (Lipinski definition) is 4. The van der Waals surface area contributed by atoms with Crippen molar-refractivity contribution >= 4 is 22.5 Å². The molecule has 1 unspecified atom stereocenters. The van der Waals surface area contributed by atoms with Crippen molar-refractivity contribution in [3.63, 3.8) is 0 Å². The highest BCUT2D eigenvalue weighted by Gasteiger charge is 2.18. The van der Waals surface area contributed by atoms with Crippen molar-refractivity contribution in [2.24, 2.45) is 11.5 Å². The SMILES string of the molecule is C=C(/C(=C\C=C/C)n1ncc2ccccc21)C(N)Cc1nc(C(N)=O)ccc1C. The number of carbonyl (C=O) groups is 1. The molecule has 0 aliphatic carbocycles. The summed E-state index contributed by atoms with van der Waals surface area (Å²) in [6.45, 7) is 8.12. The Morgan fingerprint density at radius 2 is 2.03 bits per heavy atom. The summed E-state index contributed by atoms with van der Waals surface area (Å²) in [5, 5.41) is 5.57. The summed E-state index contributed by atoms with van der Waals surface area (Å²) in [4.78, 5) is 15.8. The van der Waals surface area contributed by atoms with Crippen LogP contribution in [0.2, 0.25) is 0 Å². The van der Waals surface area contributed by atoms with E-state index in [4.69, 9.17) is 11.5 Å². The molecule has 4 N–H and O–H groups in total. The zero-order valence-corrected chi connectivity index (χ0v) is 16.7. The van der Waals surface area contributed by atoms with E-state index in [-0.39, 0.29) is 5.69 Å². The lowest BCUT2D eigenvalue weighted by atomic mass is 9.98. The van der Waals surface area contributed by atoms with Gasteiger partial charge in [-0.25, -0.2) is 9.67 Å². The molecule has 0 fully saturated rings. The van der Waals surface area contributed by atoms with E-state index >= 15 is 0 Å². The molecule has 0 saturated carbocycles. The minimum absolute atomic E-state index is 0.228. The van der Waals surface area contributed by atoms with Crippen LogP contribution in [0.25, 0.3) is 16.6 Å². The van der Waals surface area contributed by atoms with Crippen LogP contribution in [0, 0.1) is 6.92 Å². The van der Waals surface area contributed by atoms with Gasteiger partial charge in [0.25, 0.3) is 5.91 Å². The molecule has 1 amide bonds. The number of hydrogen-bond donors (Lipinski definition) is 2. The van der Waals surface area contributed by atoms with Gasteiger partial charge in [0.05, 0.1) is 17.4 Å². The molecule has 0 aliphatic heterocycles. The Kier molecular flexibility index (Phi) is 6.04. The van der Waals surface area contributed by atoms with E-state index in [1.54, 1.807) is 6.07 Å². The minimum Gasteiger partial charge on any atom is -0.364 e. The Bertz CT molecular complexity index is 1120. The van der Waals surface area contributed by atoms with Crippen LogP contribution in [0.3, 0.4) is 0 Å². The molecule has 0 saturated heterocycles. The zero-order valence-electron chi connectivity index (χ0n) is 16.7. The highest BCUT2D eigenvalue weighted by molar-refractivity contribution is 5.90. The lowest BCUT2D eigenvalue weighted by Crippen LogP contribution is -2.28. The van der Waals surface area contributed by atoms with E-state index in [1.165, 1.54) is 0 Å². The Labute approximate surface area is 170 Å². The summed E-state index contributed by atoms with van der Waals surface area (Å²) in [7, 11) is 0. The first-order valence-corrected chi connectivity index (χ1v) is 9.39. The maximum Gasteiger partial charge on any atom is 0.267 e. The number of amides is 1. The number of nitrogens with two attached hydrogens (primary N) is 2. The van der Waals surface area contributed by atoms with Gasteiger partial charge in [0.2, 0.25) is 0 Å². The quantitative estimate of drug-likeness (QED) is 0.607. The van der Waals surface area contributed by atoms with Gasteiger partial charge in [0.15, 0.2) is 0 Å². The predicted octanol–water partition coefficient (Wildman–Crippen LogP) is 3.38. The third kappa shape index (κ3) is 4.33. The van der Waals surface area contributed by atoms with Crippen molar-refractivity contribution in [3.8, 4) is 0 Å². The topological polar surface area (TPSA) is 99.8 Å². The van der Waals surface area contributed by atoms with Crippen molar-refractivity contribution in [1.29, 1.82) is 0 Å². The van der Waals surface area contributed by atoms with Crippen LogP contribution in [-0.2, 0) is 6.42 Å². The molecule has 148 valence electrons. The van der Waals surface area contributed by atoms with Crippen LogP contribution in [0.1, 0.15) is 28.7 Å². The van der Waals surface area contributed by atoms with E-state index in [0.717, 1.165) is 33.4 Å². The molecule has 29 heavy (non-hydrogen) atoms. The van der Waals surface area contributed by atoms with Crippen molar-refractivity contribution in [3.05, 3.63) is 89.9 Å². The van der Waals surface area contributed by atoms with E-state index in [0.29, 0.717) is 6.42 Å². The second kappa shape index (κ2) is 8.67. The number of primary amides is 1. The molecule has 2 heterocycles. The summed E-state index contributed by atoms with van der Waals surface area (Å²) < 4.78 is 1.84. The van der Waals surface area contributed by atoms with Crippen LogP contribution in [0.15, 0.2) is 73.0 Å². The predicted molar refractivity (Wildman–Crippen MR) is 117 cm³/mol. The summed E-state index contributed by atoms with van der Waals surface area (Å²) >= 11 is 0. The van der Waals surface area contributed by atoms with Crippen LogP contribution in [0.4, 0.5) is 0 Å². The minimum atomic E-state index is -0.560. The average Bonchev–Trinajstić information content (AvgIpc) is 3.13. The molecule has 6 nitrogen and oxygen atoms in total. The summed E-state index contributed by atoms with van der Waals surface area (Å²) in [5.74, 6) is -0.560. The number of carbonyl (C=O) groups excluding carboxylic acids is 1. The van der Waals surface area contributed by atoms with Crippen molar-refractivity contribution in [1.82, 2.24) is 14.8 Å². The van der Waals surface area contributed by atoms with Crippen molar-refractivity contribution in [2.45, 2.75) is 26.3 Å². The highest BCUT2D eigenvalue weighted by atomic mass is 16.1. The Morgan fingerprint density at radius 3 is 2.76 bits per heavy atom. The first-order chi connectivity index (χ1) is 13.9. The Hall–Kier alpha value is -3.51. The lowest BCUT2D eigenvalue weighted by molar-refractivity contribution is 0.0995. The molecule has 0 aliphatic rings. The number of benzene rings is 1. The van der Waals surface area contributed by atoms with E-state index in [9.17, 15) is 4.79 Å². The second-order valence-electron chi connectivity index (χ2n) is 6.85. The number of nitrogens with zero attached hydrogens (tertiary/aromatic N) is 3. The van der Waals surface area contributed by atoms with Crippen LogP contribution >= 0.6 is 0 Å². The number of para-hydroxylation sites is 1. The number of allylic oxidation sites excluding steroid dienone is 3. The molecular weight excluding hydrogens is 362 g/mol. The number of pyridine rings is 1. The maximum atomic E-state index is 11.5. The molecule has 0 bridgehead atoms. The molecule has 0 radical (unpaired) electrons. The monoisotopic (exact) mass is 387 g/mol. The zero-order chi connectivity index (χ0) is 21.0. The maximum absolute atomic E-state index is 11.5. The fraction of sp³-hybridized carbons (Fsp3) is 0.174. The molecule has 3 aromatic rings. The first-order valence-electron chi connectivity index (χ1n) is 9.39. The van der Waals surface area contributed by atoms with Crippen LogP contribution < -0.4 is 11.5 Å². The van der Waals surface area contributed by atoms with Crippen molar-refractivity contribution < 1.29 is 4.79 Å². The molecule has 0 spiro atoms. The van der Waals surface area contributed by atoms with E-state index in [1.807, 2.05) is 73.3 Å². The summed E-state index contributed by atoms with van der Waals surface area (Å²) in [6.07, 6.45) is 8.06. The smallest absolute Gasteiger partial charge is 0.267 e. The van der Waals surface area contributed by atoms with Gasteiger partial charge in [-0.05, 0) is 43.2 Å². The third-order valence-corrected chi connectivity index (χ3v) is 4.80. The molecule has 6 heteroatoms. The summed E-state index contributed by atoms with van der Waals surface area (Å²) in [6, 6.07) is 11.0. The molecule has 1 atom stereocenters. The normalized spacial score (nSPS) is 13.1. The molecule has 3 rings (SSSR count). The summed E-state index contributed by atoms with van der Waals surface area (Å²) in [5.41, 5.74) is 16.3. The standard InChI is InChI=1S/C23H25N5O/c1-4-5-9-21(28-22-10-7-6-8-17(22)14-26-28)16(3)18(24)13-20-15(2)11-12-19(27-20)23(25)29/h4-12,14,18H,3,13,24H2,1-2H3,(H2,25,29)/b5-4-,21-9+. The fourth-order valence-corrected chi connectivity index (χ4v) is 3.10. The van der Waals surface area contributed by atoms with Crippen molar-refractivity contribution in [2.75, 3.05) is 0 Å². The van der Waals surface area contributed by atoms with E-state index in [2.05, 4.69) is 16.7 Å². The number of fused-ring (bicyclic) bond motifs is 1. The number of aromatic nitrogens is 3. The van der Waals surface area contributed by atoms with Gasteiger partial charge in [-0.15, -0.1) is 0 Å². The third-order valence-electron chi connectivity index (χ3n) is 4.80. The lowest BCUT2D eigenvalue weighted by Gasteiger charge is -2.19. The number of rotatable bonds is 7. The van der Waals surface area contributed by atoms with Gasteiger partial charge in [-0.1, -0.05) is 43.0 Å². The largest absolute Gasteiger partial charge is 0.364 e. The van der Waals surface area contributed by atoms with Gasteiger partial charge in [0.1, 0.15) is 5.69 Å². The average molecular weight is 387 g/mol. The molecule has 2 aromatic heterocycles. The highest BCUT2D eigenvalue weighted by Crippen LogP contribution is 2.24. The van der Waals surface area contributed by atoms with Crippen LogP contribution in [-0.4, -0.2) is 26.7 Å². The van der Waals surface area contributed by atoms with E-state index < -0.39 is 11.9 Å². The van der Waals surface area contributed by atoms with Gasteiger partial charge in [-0.2, -0.15) is 5.10 Å².